The maximum absolute atomic E-state index is 12.4. The van der Waals surface area contributed by atoms with Crippen LogP contribution in [0.3, 0.4) is 0 Å². The molecular formula is C28H30N6O2. The second kappa shape index (κ2) is 10.7. The van der Waals surface area contributed by atoms with E-state index in [2.05, 4.69) is 61.9 Å². The zero-order valence-corrected chi connectivity index (χ0v) is 20.3. The number of benzene rings is 3. The lowest BCUT2D eigenvalue weighted by molar-refractivity contribution is -0.123. The first-order valence-corrected chi connectivity index (χ1v) is 12.2. The van der Waals surface area contributed by atoms with E-state index in [1.807, 2.05) is 36.4 Å². The van der Waals surface area contributed by atoms with E-state index < -0.39 is 0 Å². The lowest BCUT2D eigenvalue weighted by atomic mass is 10.0. The van der Waals surface area contributed by atoms with Crippen molar-refractivity contribution in [1.82, 2.24) is 20.0 Å². The Morgan fingerprint density at radius 2 is 1.56 bits per heavy atom. The van der Waals surface area contributed by atoms with Gasteiger partial charge in [-0.05, 0) is 42.9 Å². The zero-order chi connectivity index (χ0) is 24.9. The molecule has 8 nitrogen and oxygen atoms in total. The predicted octanol–water partition coefficient (Wildman–Crippen LogP) is 3.94. The highest BCUT2D eigenvalue weighted by atomic mass is 16.2. The molecule has 4 aromatic rings. The standard InChI is InChI=1S/C28H30N6O2/c1-33-13-15-34(16-14-33)19-20-7-9-21(10-8-20)28-24-12-11-23(17-25(24)31-32-28)30-27(36)18-26(35)29-22-5-3-2-4-6-22/h2-12,17H,13-16,18-19H2,1H3,(H,29,35)(H,30,36)(H,31,32). The van der Waals surface area contributed by atoms with Crippen LogP contribution in [0.25, 0.3) is 22.2 Å². The fraction of sp³-hybridized carbons (Fsp3) is 0.250. The van der Waals surface area contributed by atoms with Crippen molar-refractivity contribution in [2.45, 2.75) is 13.0 Å². The molecule has 0 bridgehead atoms. The Bertz CT molecular complexity index is 1340. The third-order valence-corrected chi connectivity index (χ3v) is 6.45. The van der Waals surface area contributed by atoms with Crippen molar-refractivity contribution in [3.63, 3.8) is 0 Å². The molecule has 1 aliphatic heterocycles. The number of hydrogen-bond donors (Lipinski definition) is 3. The number of likely N-dealkylation sites (N-methyl/N-ethyl adjacent to an activating group) is 1. The van der Waals surface area contributed by atoms with Crippen molar-refractivity contribution >= 4 is 34.1 Å². The average molecular weight is 483 g/mol. The third-order valence-electron chi connectivity index (χ3n) is 6.45. The number of hydrogen-bond acceptors (Lipinski definition) is 5. The summed E-state index contributed by atoms with van der Waals surface area (Å²) < 4.78 is 0. The van der Waals surface area contributed by atoms with Crippen molar-refractivity contribution in [3.8, 4) is 11.3 Å². The number of anilines is 2. The van der Waals surface area contributed by atoms with Crippen molar-refractivity contribution in [2.75, 3.05) is 43.9 Å². The molecule has 1 saturated heterocycles. The first-order chi connectivity index (χ1) is 17.5. The Hall–Kier alpha value is -4.01. The van der Waals surface area contributed by atoms with Gasteiger partial charge in [0.25, 0.3) is 0 Å². The summed E-state index contributed by atoms with van der Waals surface area (Å²) in [5.74, 6) is -0.738. The molecule has 1 aliphatic rings. The van der Waals surface area contributed by atoms with Crippen LogP contribution in [-0.4, -0.2) is 65.0 Å². The topological polar surface area (TPSA) is 93.4 Å². The van der Waals surface area contributed by atoms with Crippen molar-refractivity contribution in [3.05, 3.63) is 78.4 Å². The van der Waals surface area contributed by atoms with Gasteiger partial charge in [-0.2, -0.15) is 5.10 Å². The minimum Gasteiger partial charge on any atom is -0.326 e. The minimum atomic E-state index is -0.376. The van der Waals surface area contributed by atoms with Gasteiger partial charge in [-0.3, -0.25) is 19.6 Å². The summed E-state index contributed by atoms with van der Waals surface area (Å²) in [5.41, 5.74) is 5.29. The van der Waals surface area contributed by atoms with Crippen LogP contribution in [-0.2, 0) is 16.1 Å². The van der Waals surface area contributed by atoms with E-state index in [1.165, 1.54) is 5.56 Å². The number of carbonyl (C=O) groups excluding carboxylic acids is 2. The molecule has 3 N–H and O–H groups in total. The quantitative estimate of drug-likeness (QED) is 0.347. The van der Waals surface area contributed by atoms with Gasteiger partial charge in [0.15, 0.2) is 0 Å². The van der Waals surface area contributed by atoms with Crippen LogP contribution in [0.5, 0.6) is 0 Å². The van der Waals surface area contributed by atoms with E-state index in [4.69, 9.17) is 0 Å². The predicted molar refractivity (Wildman–Crippen MR) is 143 cm³/mol. The molecule has 2 heterocycles. The van der Waals surface area contributed by atoms with Gasteiger partial charge in [0.1, 0.15) is 6.42 Å². The van der Waals surface area contributed by atoms with E-state index in [-0.39, 0.29) is 18.2 Å². The van der Waals surface area contributed by atoms with Crippen LogP contribution in [0.2, 0.25) is 0 Å². The molecule has 3 aromatic carbocycles. The van der Waals surface area contributed by atoms with Crippen LogP contribution in [0.1, 0.15) is 12.0 Å². The van der Waals surface area contributed by atoms with E-state index in [0.29, 0.717) is 11.4 Å². The summed E-state index contributed by atoms with van der Waals surface area (Å²) >= 11 is 0. The number of carbonyl (C=O) groups is 2. The number of H-pyrrole nitrogens is 1. The Labute approximate surface area is 210 Å². The Morgan fingerprint density at radius 1 is 0.861 bits per heavy atom. The van der Waals surface area contributed by atoms with E-state index in [9.17, 15) is 9.59 Å². The molecule has 0 atom stereocenters. The first kappa shape index (κ1) is 23.7. The second-order valence-electron chi connectivity index (χ2n) is 9.25. The highest BCUT2D eigenvalue weighted by Gasteiger charge is 2.15. The summed E-state index contributed by atoms with van der Waals surface area (Å²) in [5, 5.41) is 14.1. The largest absolute Gasteiger partial charge is 0.326 e. The van der Waals surface area contributed by atoms with Crippen LogP contribution in [0, 0.1) is 0 Å². The average Bonchev–Trinajstić information content (AvgIpc) is 3.29. The molecule has 0 unspecified atom stereocenters. The number of nitrogens with zero attached hydrogens (tertiary/aromatic N) is 3. The van der Waals surface area contributed by atoms with Crippen molar-refractivity contribution in [1.29, 1.82) is 0 Å². The number of fused-ring (bicyclic) bond motifs is 1. The van der Waals surface area contributed by atoms with Crippen molar-refractivity contribution < 1.29 is 9.59 Å². The molecule has 2 amide bonds. The van der Waals surface area contributed by atoms with Gasteiger partial charge in [-0.15, -0.1) is 0 Å². The number of rotatable bonds is 7. The van der Waals surface area contributed by atoms with E-state index >= 15 is 0 Å². The molecule has 0 radical (unpaired) electrons. The molecule has 1 aromatic heterocycles. The van der Waals surface area contributed by atoms with Crippen LogP contribution < -0.4 is 10.6 Å². The van der Waals surface area contributed by atoms with Crippen LogP contribution in [0.15, 0.2) is 72.8 Å². The van der Waals surface area contributed by atoms with E-state index in [0.717, 1.165) is 54.9 Å². The van der Waals surface area contributed by atoms with Crippen molar-refractivity contribution in [2.24, 2.45) is 0 Å². The molecule has 8 heteroatoms. The number of aromatic amines is 1. The van der Waals surface area contributed by atoms with Gasteiger partial charge >= 0.3 is 0 Å². The summed E-state index contributed by atoms with van der Waals surface area (Å²) in [7, 11) is 2.17. The lowest BCUT2D eigenvalue weighted by Crippen LogP contribution is -2.43. The van der Waals surface area contributed by atoms with Gasteiger partial charge in [0, 0.05) is 55.0 Å². The molecule has 1 fully saturated rings. The fourth-order valence-corrected chi connectivity index (χ4v) is 4.43. The highest BCUT2D eigenvalue weighted by Crippen LogP contribution is 2.28. The molecule has 0 spiro atoms. The molecule has 184 valence electrons. The first-order valence-electron chi connectivity index (χ1n) is 12.2. The maximum atomic E-state index is 12.4. The lowest BCUT2D eigenvalue weighted by Gasteiger charge is -2.32. The highest BCUT2D eigenvalue weighted by molar-refractivity contribution is 6.08. The summed E-state index contributed by atoms with van der Waals surface area (Å²) in [6.07, 6.45) is -0.262. The summed E-state index contributed by atoms with van der Waals surface area (Å²) in [4.78, 5) is 29.4. The SMILES string of the molecule is CN1CCN(Cc2ccc(-c3n[nH]c4cc(NC(=O)CC(=O)Nc5ccccc5)ccc34)cc2)CC1. The van der Waals surface area contributed by atoms with Gasteiger partial charge in [0.2, 0.25) is 11.8 Å². The van der Waals surface area contributed by atoms with Gasteiger partial charge in [-0.1, -0.05) is 42.5 Å². The Morgan fingerprint density at radius 3 is 2.28 bits per heavy atom. The number of para-hydroxylation sites is 1. The summed E-state index contributed by atoms with van der Waals surface area (Å²) in [6.45, 7) is 5.38. The van der Waals surface area contributed by atoms with E-state index in [1.54, 1.807) is 12.1 Å². The zero-order valence-electron chi connectivity index (χ0n) is 20.3. The summed E-state index contributed by atoms with van der Waals surface area (Å²) in [6, 6.07) is 23.2. The number of amides is 2. The Kier molecular flexibility index (Phi) is 7.06. The monoisotopic (exact) mass is 482 g/mol. The normalized spacial score (nSPS) is 14.6. The number of nitrogens with one attached hydrogen (secondary N) is 3. The van der Waals surface area contributed by atoms with Gasteiger partial charge < -0.3 is 15.5 Å². The maximum Gasteiger partial charge on any atom is 0.233 e. The molecule has 36 heavy (non-hydrogen) atoms. The molecule has 0 aliphatic carbocycles. The third kappa shape index (κ3) is 5.79. The number of piperazine rings is 1. The minimum absolute atomic E-state index is 0.262. The molecule has 0 saturated carbocycles. The molecular weight excluding hydrogens is 452 g/mol. The second-order valence-corrected chi connectivity index (χ2v) is 9.25. The van der Waals surface area contributed by atoms with Crippen LogP contribution >= 0.6 is 0 Å². The smallest absolute Gasteiger partial charge is 0.233 e. The number of aromatic nitrogens is 2. The fourth-order valence-electron chi connectivity index (χ4n) is 4.43. The van der Waals surface area contributed by atoms with Crippen LogP contribution in [0.4, 0.5) is 11.4 Å². The molecule has 5 rings (SSSR count). The Balaban J connectivity index is 1.20. The van der Waals surface area contributed by atoms with Gasteiger partial charge in [-0.25, -0.2) is 0 Å². The van der Waals surface area contributed by atoms with Gasteiger partial charge in [0.05, 0.1) is 11.2 Å².